The van der Waals surface area contributed by atoms with Crippen LogP contribution >= 0.6 is 23.2 Å². The summed E-state index contributed by atoms with van der Waals surface area (Å²) in [6.07, 6.45) is 3.10. The first kappa shape index (κ1) is 15.2. The number of H-pyrrole nitrogens is 1. The Kier molecular flexibility index (Phi) is 3.92. The van der Waals surface area contributed by atoms with E-state index >= 15 is 0 Å². The Morgan fingerprint density at radius 1 is 1.22 bits per heavy atom. The average molecular weight is 350 g/mol. The van der Waals surface area contributed by atoms with Gasteiger partial charge in [-0.05, 0) is 36.6 Å². The van der Waals surface area contributed by atoms with Crippen molar-refractivity contribution in [3.8, 4) is 0 Å². The first-order valence-electron chi connectivity index (χ1n) is 7.88. The standard InChI is InChI=1S/C17H17Cl2N3O/c18-12-5-10(6-13(19)7-12)8-22-4-3-15-14(9-22)17(23)21-16(20-15)11-1-2-11/h5-7,11H,1-4,8-9H2,(H,20,21,23). The molecule has 4 rings (SSSR count). The number of hydrogen-bond donors (Lipinski definition) is 1. The van der Waals surface area contributed by atoms with Gasteiger partial charge in [-0.3, -0.25) is 9.69 Å². The van der Waals surface area contributed by atoms with Crippen molar-refractivity contribution in [1.29, 1.82) is 0 Å². The number of aromatic amines is 1. The van der Waals surface area contributed by atoms with Crippen LogP contribution in [0.5, 0.6) is 0 Å². The van der Waals surface area contributed by atoms with Crippen LogP contribution in [-0.2, 0) is 19.5 Å². The highest BCUT2D eigenvalue weighted by Gasteiger charge is 2.29. The number of hydrogen-bond acceptors (Lipinski definition) is 3. The molecule has 4 nitrogen and oxygen atoms in total. The van der Waals surface area contributed by atoms with Gasteiger partial charge in [-0.15, -0.1) is 0 Å². The third-order valence-electron chi connectivity index (χ3n) is 4.46. The number of rotatable bonds is 3. The van der Waals surface area contributed by atoms with Crippen LogP contribution in [0.15, 0.2) is 23.0 Å². The van der Waals surface area contributed by atoms with Gasteiger partial charge in [0.25, 0.3) is 5.56 Å². The molecular weight excluding hydrogens is 333 g/mol. The molecule has 1 saturated carbocycles. The van der Waals surface area contributed by atoms with Crippen molar-refractivity contribution in [2.45, 2.75) is 38.3 Å². The molecule has 2 aromatic rings. The SMILES string of the molecule is O=c1[nH]c(C2CC2)nc2c1CN(Cc1cc(Cl)cc(Cl)c1)CC2. The zero-order valence-corrected chi connectivity index (χ0v) is 14.1. The summed E-state index contributed by atoms with van der Waals surface area (Å²) in [6, 6.07) is 5.56. The summed E-state index contributed by atoms with van der Waals surface area (Å²) in [7, 11) is 0. The molecule has 1 N–H and O–H groups in total. The van der Waals surface area contributed by atoms with Crippen LogP contribution in [0.2, 0.25) is 10.0 Å². The van der Waals surface area contributed by atoms with Crippen molar-refractivity contribution < 1.29 is 0 Å². The molecule has 0 radical (unpaired) electrons. The van der Waals surface area contributed by atoms with Crippen molar-refractivity contribution in [3.63, 3.8) is 0 Å². The third-order valence-corrected chi connectivity index (χ3v) is 4.90. The van der Waals surface area contributed by atoms with Crippen molar-refractivity contribution in [3.05, 3.63) is 61.2 Å². The van der Waals surface area contributed by atoms with E-state index in [1.165, 1.54) is 0 Å². The lowest BCUT2D eigenvalue weighted by Gasteiger charge is -2.27. The fraction of sp³-hybridized carbons (Fsp3) is 0.412. The summed E-state index contributed by atoms with van der Waals surface area (Å²) in [5.41, 5.74) is 2.85. The maximum Gasteiger partial charge on any atom is 0.255 e. The van der Waals surface area contributed by atoms with E-state index in [0.29, 0.717) is 22.5 Å². The average Bonchev–Trinajstić information content (AvgIpc) is 3.31. The van der Waals surface area contributed by atoms with E-state index in [1.54, 1.807) is 6.07 Å². The van der Waals surface area contributed by atoms with Gasteiger partial charge in [0.05, 0.1) is 11.3 Å². The maximum atomic E-state index is 12.4. The quantitative estimate of drug-likeness (QED) is 0.922. The highest BCUT2D eigenvalue weighted by molar-refractivity contribution is 6.34. The lowest BCUT2D eigenvalue weighted by Crippen LogP contribution is -2.35. The smallest absolute Gasteiger partial charge is 0.255 e. The van der Waals surface area contributed by atoms with Gasteiger partial charge in [-0.25, -0.2) is 4.98 Å². The lowest BCUT2D eigenvalue weighted by atomic mass is 10.1. The van der Waals surface area contributed by atoms with E-state index < -0.39 is 0 Å². The van der Waals surface area contributed by atoms with Crippen LogP contribution in [0.1, 0.15) is 41.4 Å². The normalized spacial score (nSPS) is 18.0. The van der Waals surface area contributed by atoms with Gasteiger partial charge in [-0.1, -0.05) is 23.2 Å². The zero-order chi connectivity index (χ0) is 16.0. The minimum Gasteiger partial charge on any atom is -0.310 e. The summed E-state index contributed by atoms with van der Waals surface area (Å²) in [6.45, 7) is 2.23. The molecule has 6 heteroatoms. The molecular formula is C17H17Cl2N3O. The van der Waals surface area contributed by atoms with Crippen LogP contribution in [0.25, 0.3) is 0 Å². The van der Waals surface area contributed by atoms with Crippen molar-refractivity contribution >= 4 is 23.2 Å². The molecule has 1 aromatic heterocycles. The molecule has 0 bridgehead atoms. The highest BCUT2D eigenvalue weighted by Crippen LogP contribution is 2.37. The van der Waals surface area contributed by atoms with Gasteiger partial charge >= 0.3 is 0 Å². The lowest BCUT2D eigenvalue weighted by molar-refractivity contribution is 0.241. The summed E-state index contributed by atoms with van der Waals surface area (Å²) in [5, 5.41) is 1.27. The van der Waals surface area contributed by atoms with Gasteiger partial charge < -0.3 is 4.98 Å². The Balaban J connectivity index is 1.55. The zero-order valence-electron chi connectivity index (χ0n) is 12.6. The Labute approximate surface area is 144 Å². The first-order valence-corrected chi connectivity index (χ1v) is 8.63. The van der Waals surface area contributed by atoms with E-state index in [-0.39, 0.29) is 5.56 Å². The van der Waals surface area contributed by atoms with Gasteiger partial charge in [0.1, 0.15) is 5.82 Å². The number of aromatic nitrogens is 2. The molecule has 0 spiro atoms. The van der Waals surface area contributed by atoms with E-state index in [2.05, 4.69) is 14.9 Å². The topological polar surface area (TPSA) is 49.0 Å². The van der Waals surface area contributed by atoms with Crippen LogP contribution < -0.4 is 5.56 Å². The predicted molar refractivity (Wildman–Crippen MR) is 91.1 cm³/mol. The van der Waals surface area contributed by atoms with Crippen LogP contribution in [-0.4, -0.2) is 21.4 Å². The third kappa shape index (κ3) is 3.30. The van der Waals surface area contributed by atoms with Crippen molar-refractivity contribution in [1.82, 2.24) is 14.9 Å². The van der Waals surface area contributed by atoms with E-state index in [4.69, 9.17) is 23.2 Å². The predicted octanol–water partition coefficient (Wildman–Crippen LogP) is 3.51. The number of nitrogens with one attached hydrogen (secondary N) is 1. The summed E-state index contributed by atoms with van der Waals surface area (Å²) in [4.78, 5) is 22.2. The van der Waals surface area contributed by atoms with E-state index in [0.717, 1.165) is 55.0 Å². The summed E-state index contributed by atoms with van der Waals surface area (Å²) >= 11 is 12.1. The summed E-state index contributed by atoms with van der Waals surface area (Å²) in [5.74, 6) is 1.35. The molecule has 0 atom stereocenters. The van der Waals surface area contributed by atoms with Crippen LogP contribution in [0, 0.1) is 0 Å². The Hall–Kier alpha value is -1.36. The van der Waals surface area contributed by atoms with E-state index in [1.807, 2.05) is 12.1 Å². The highest BCUT2D eigenvalue weighted by atomic mass is 35.5. The number of nitrogens with zero attached hydrogens (tertiary/aromatic N) is 2. The molecule has 0 saturated heterocycles. The second-order valence-corrected chi connectivity index (χ2v) is 7.26. The molecule has 0 unspecified atom stereocenters. The molecule has 120 valence electrons. The minimum absolute atomic E-state index is 0.0192. The van der Waals surface area contributed by atoms with Gasteiger partial charge in [0.15, 0.2) is 0 Å². The monoisotopic (exact) mass is 349 g/mol. The molecule has 1 aliphatic heterocycles. The first-order chi connectivity index (χ1) is 11.1. The summed E-state index contributed by atoms with van der Waals surface area (Å²) < 4.78 is 0. The molecule has 2 aliphatic rings. The minimum atomic E-state index is 0.0192. The second kappa shape index (κ2) is 5.93. The molecule has 2 heterocycles. The van der Waals surface area contributed by atoms with Gasteiger partial charge in [0.2, 0.25) is 0 Å². The van der Waals surface area contributed by atoms with Crippen molar-refractivity contribution in [2.75, 3.05) is 6.54 Å². The second-order valence-electron chi connectivity index (χ2n) is 6.39. The number of halogens is 2. The fourth-order valence-corrected chi connectivity index (χ4v) is 3.72. The maximum absolute atomic E-state index is 12.4. The van der Waals surface area contributed by atoms with Gasteiger partial charge in [0, 0.05) is 42.0 Å². The van der Waals surface area contributed by atoms with Crippen LogP contribution in [0.4, 0.5) is 0 Å². The van der Waals surface area contributed by atoms with Crippen LogP contribution in [0.3, 0.4) is 0 Å². The molecule has 1 aromatic carbocycles. The molecule has 1 aliphatic carbocycles. The molecule has 1 fully saturated rings. The number of benzene rings is 1. The Bertz CT molecular complexity index is 794. The van der Waals surface area contributed by atoms with Crippen molar-refractivity contribution in [2.24, 2.45) is 0 Å². The Morgan fingerprint density at radius 3 is 2.65 bits per heavy atom. The van der Waals surface area contributed by atoms with E-state index in [9.17, 15) is 4.79 Å². The molecule has 23 heavy (non-hydrogen) atoms. The Morgan fingerprint density at radius 2 is 1.96 bits per heavy atom. The van der Waals surface area contributed by atoms with Gasteiger partial charge in [-0.2, -0.15) is 0 Å². The largest absolute Gasteiger partial charge is 0.310 e. The fourth-order valence-electron chi connectivity index (χ4n) is 3.15. The number of fused-ring (bicyclic) bond motifs is 1. The molecule has 0 amide bonds.